The van der Waals surface area contributed by atoms with Crippen molar-refractivity contribution in [2.75, 3.05) is 30.2 Å². The number of rotatable bonds is 6. The fraction of sp³-hybridized carbons (Fsp3) is 0.263. The summed E-state index contributed by atoms with van der Waals surface area (Å²) in [6.45, 7) is 0.335. The zero-order valence-electron chi connectivity index (χ0n) is 16.9. The molecule has 2 aromatic carbocycles. The fourth-order valence-electron chi connectivity index (χ4n) is 3.18. The largest absolute Gasteiger partial charge is 0.379 e. The molecule has 32 heavy (non-hydrogen) atoms. The summed E-state index contributed by atoms with van der Waals surface area (Å²) < 4.78 is 64.2. The molecule has 170 valence electrons. The Bertz CT molecular complexity index is 1380. The van der Waals surface area contributed by atoms with Gasteiger partial charge in [0.25, 0.3) is 5.56 Å². The normalized spacial score (nSPS) is 15.0. The first-order valence-electron chi connectivity index (χ1n) is 9.32. The zero-order valence-corrected chi connectivity index (χ0v) is 18.5. The van der Waals surface area contributed by atoms with Crippen molar-refractivity contribution < 1.29 is 21.9 Å². The van der Waals surface area contributed by atoms with Gasteiger partial charge in [-0.3, -0.25) is 9.52 Å². The molecule has 0 radical (unpaired) electrons. The molecular weight excluding hydrogens is 468 g/mol. The molecule has 13 heteroatoms. The van der Waals surface area contributed by atoms with Gasteiger partial charge in [0, 0.05) is 27.2 Å². The number of nitrogens with one attached hydrogen (secondary N) is 2. The van der Waals surface area contributed by atoms with E-state index in [1.807, 2.05) is 0 Å². The van der Waals surface area contributed by atoms with Crippen molar-refractivity contribution in [2.45, 2.75) is 6.10 Å². The predicted octanol–water partition coefficient (Wildman–Crippen LogP) is 2.60. The van der Waals surface area contributed by atoms with Crippen molar-refractivity contribution in [2.24, 2.45) is 7.05 Å². The summed E-state index contributed by atoms with van der Waals surface area (Å²) in [5.74, 6) is -1.79. The molecule has 0 aliphatic carbocycles. The Morgan fingerprint density at radius 1 is 1.19 bits per heavy atom. The van der Waals surface area contributed by atoms with Crippen molar-refractivity contribution in [3.05, 3.63) is 57.6 Å². The fourth-order valence-corrected chi connectivity index (χ4v) is 4.79. The average molecular weight is 486 g/mol. The second-order valence-electron chi connectivity index (χ2n) is 7.17. The second-order valence-corrected chi connectivity index (χ2v) is 9.22. The summed E-state index contributed by atoms with van der Waals surface area (Å²) in [5.41, 5.74) is -1.17. The molecule has 1 aromatic heterocycles. The Hall–Kier alpha value is -2.80. The van der Waals surface area contributed by atoms with Crippen molar-refractivity contribution in [3.63, 3.8) is 0 Å². The van der Waals surface area contributed by atoms with Crippen LogP contribution in [0.3, 0.4) is 0 Å². The topological polar surface area (TPSA) is 106 Å². The number of ether oxygens (including phenoxy) is 1. The number of hydrogen-bond donors (Lipinski definition) is 2. The summed E-state index contributed by atoms with van der Waals surface area (Å²) in [4.78, 5) is 16.3. The summed E-state index contributed by atoms with van der Waals surface area (Å²) in [6.07, 6.45) is 1.06. The van der Waals surface area contributed by atoms with Gasteiger partial charge in [0.05, 0.1) is 40.0 Å². The van der Waals surface area contributed by atoms with E-state index in [0.717, 1.165) is 21.0 Å². The number of methoxy groups -OCH3 is 1. The van der Waals surface area contributed by atoms with Gasteiger partial charge in [-0.15, -0.1) is 0 Å². The first-order valence-corrected chi connectivity index (χ1v) is 11.1. The van der Waals surface area contributed by atoms with Gasteiger partial charge in [0.2, 0.25) is 0 Å². The van der Waals surface area contributed by atoms with Gasteiger partial charge < -0.3 is 14.6 Å². The van der Waals surface area contributed by atoms with Gasteiger partial charge in [-0.05, 0) is 24.3 Å². The Morgan fingerprint density at radius 3 is 2.56 bits per heavy atom. The third kappa shape index (κ3) is 3.90. The minimum Gasteiger partial charge on any atom is -0.379 e. The lowest BCUT2D eigenvalue weighted by Crippen LogP contribution is -2.55. The van der Waals surface area contributed by atoms with Crippen LogP contribution in [0, 0.1) is 11.6 Å². The summed E-state index contributed by atoms with van der Waals surface area (Å²) in [7, 11) is -1.04. The van der Waals surface area contributed by atoms with Gasteiger partial charge in [-0.2, -0.15) is 12.7 Å². The molecular formula is C19H18ClF2N5O4S. The van der Waals surface area contributed by atoms with E-state index >= 15 is 4.39 Å². The smallest absolute Gasteiger partial charge is 0.301 e. The molecule has 2 N–H and O–H groups in total. The molecule has 9 nitrogen and oxygen atoms in total. The van der Waals surface area contributed by atoms with Crippen molar-refractivity contribution in [1.82, 2.24) is 13.9 Å². The van der Waals surface area contributed by atoms with Gasteiger partial charge in [-0.1, -0.05) is 11.6 Å². The average Bonchev–Trinajstić information content (AvgIpc) is 2.70. The monoisotopic (exact) mass is 485 g/mol. The summed E-state index contributed by atoms with van der Waals surface area (Å²) in [6, 6.07) is 4.82. The number of fused-ring (bicyclic) bond motifs is 1. The van der Waals surface area contributed by atoms with Crippen LogP contribution in [0.25, 0.3) is 10.9 Å². The van der Waals surface area contributed by atoms with Crippen LogP contribution in [-0.2, 0) is 22.0 Å². The third-order valence-electron chi connectivity index (χ3n) is 5.10. The zero-order chi connectivity index (χ0) is 23.2. The number of aromatic nitrogens is 2. The van der Waals surface area contributed by atoms with E-state index in [2.05, 4.69) is 15.0 Å². The molecule has 0 amide bonds. The summed E-state index contributed by atoms with van der Waals surface area (Å²) >= 11 is 6.25. The van der Waals surface area contributed by atoms with Crippen LogP contribution in [0.15, 0.2) is 35.4 Å². The molecule has 0 atom stereocenters. The molecule has 4 rings (SSSR count). The van der Waals surface area contributed by atoms with Gasteiger partial charge in [-0.25, -0.2) is 13.8 Å². The highest BCUT2D eigenvalue weighted by atomic mass is 35.5. The molecule has 2 heterocycles. The number of hydrogen-bond acceptors (Lipinski definition) is 6. The molecule has 0 spiro atoms. The molecule has 1 aliphatic heterocycles. The second kappa shape index (κ2) is 8.28. The third-order valence-corrected chi connectivity index (χ3v) is 6.95. The van der Waals surface area contributed by atoms with Crippen molar-refractivity contribution in [1.29, 1.82) is 0 Å². The van der Waals surface area contributed by atoms with E-state index in [0.29, 0.717) is 0 Å². The maximum absolute atomic E-state index is 15.0. The van der Waals surface area contributed by atoms with E-state index in [1.165, 1.54) is 32.6 Å². The number of nitrogens with zero attached hydrogens (tertiary/aromatic N) is 3. The van der Waals surface area contributed by atoms with Crippen LogP contribution in [0.4, 0.5) is 25.8 Å². The SMILES string of the molecule is COC1CN(S(=O)(=O)Nc2ccc(F)c(Nc3ccc4ncn(C)c(=O)c4c3F)c2Cl)C1. The number of anilines is 3. The highest BCUT2D eigenvalue weighted by Gasteiger charge is 2.36. The van der Waals surface area contributed by atoms with Crippen molar-refractivity contribution in [3.8, 4) is 0 Å². The maximum Gasteiger partial charge on any atom is 0.301 e. The molecule has 0 unspecified atom stereocenters. The predicted molar refractivity (Wildman–Crippen MR) is 117 cm³/mol. The summed E-state index contributed by atoms with van der Waals surface area (Å²) in [5, 5.41) is 1.93. The molecule has 0 bridgehead atoms. The number of aryl methyl sites for hydroxylation is 1. The first-order chi connectivity index (χ1) is 15.1. The Balaban J connectivity index is 1.68. The van der Waals surface area contributed by atoms with E-state index in [4.69, 9.17) is 16.3 Å². The lowest BCUT2D eigenvalue weighted by Gasteiger charge is -2.36. The van der Waals surface area contributed by atoms with Crippen LogP contribution in [0.2, 0.25) is 5.02 Å². The number of benzene rings is 2. The Kier molecular flexibility index (Phi) is 5.79. The van der Waals surface area contributed by atoms with E-state index in [9.17, 15) is 17.6 Å². The van der Waals surface area contributed by atoms with Gasteiger partial charge in [0.15, 0.2) is 5.82 Å². The van der Waals surface area contributed by atoms with Crippen LogP contribution >= 0.6 is 11.6 Å². The lowest BCUT2D eigenvalue weighted by atomic mass is 10.2. The van der Waals surface area contributed by atoms with E-state index in [-0.39, 0.29) is 52.2 Å². The molecule has 1 fully saturated rings. The Morgan fingerprint density at radius 2 is 1.88 bits per heavy atom. The van der Waals surface area contributed by atoms with E-state index in [1.54, 1.807) is 0 Å². The van der Waals surface area contributed by atoms with Gasteiger partial charge >= 0.3 is 10.2 Å². The highest BCUT2D eigenvalue weighted by molar-refractivity contribution is 7.90. The van der Waals surface area contributed by atoms with Crippen LogP contribution in [0.5, 0.6) is 0 Å². The molecule has 1 aliphatic rings. The lowest BCUT2D eigenvalue weighted by molar-refractivity contribution is 0.0128. The highest BCUT2D eigenvalue weighted by Crippen LogP contribution is 2.37. The number of halogens is 3. The van der Waals surface area contributed by atoms with Crippen LogP contribution in [-0.4, -0.2) is 48.6 Å². The molecule has 3 aromatic rings. The maximum atomic E-state index is 15.0. The van der Waals surface area contributed by atoms with E-state index < -0.39 is 27.4 Å². The van der Waals surface area contributed by atoms with Crippen LogP contribution < -0.4 is 15.6 Å². The minimum absolute atomic E-state index is 0.102. The Labute approximate surface area is 186 Å². The quantitative estimate of drug-likeness (QED) is 0.556. The van der Waals surface area contributed by atoms with Gasteiger partial charge in [0.1, 0.15) is 11.2 Å². The van der Waals surface area contributed by atoms with Crippen LogP contribution in [0.1, 0.15) is 0 Å². The standard InChI is InChI=1S/C19H18ClF2N5O4S/c1-26-9-23-12-5-6-14(17(22)15(12)19(26)28)24-18-11(21)3-4-13(16(18)20)25-32(29,30)27-7-10(8-27)31-2/h3-6,9-10,24-25H,7-8H2,1-2H3. The molecule has 0 saturated carbocycles. The molecule has 1 saturated heterocycles. The first kappa shape index (κ1) is 22.4. The van der Waals surface area contributed by atoms with Crippen molar-refractivity contribution >= 4 is 49.8 Å². The minimum atomic E-state index is -3.95.